The molecule has 1 aromatic carbocycles. The van der Waals surface area contributed by atoms with Crippen LogP contribution >= 0.6 is 0 Å². The highest BCUT2D eigenvalue weighted by molar-refractivity contribution is 5.81. The summed E-state index contributed by atoms with van der Waals surface area (Å²) in [4.78, 5) is 16.5. The molecule has 0 saturated carbocycles. The van der Waals surface area contributed by atoms with Crippen molar-refractivity contribution in [2.75, 3.05) is 7.11 Å². The highest BCUT2D eigenvalue weighted by Gasteiger charge is 2.13. The molecule has 0 bridgehead atoms. The minimum Gasteiger partial charge on any atom is -0.495 e. The summed E-state index contributed by atoms with van der Waals surface area (Å²) in [7, 11) is 1.61. The van der Waals surface area contributed by atoms with Crippen LogP contribution in [0.1, 0.15) is 36.1 Å². The molecular weight excluding hydrogens is 274 g/mol. The Morgan fingerprint density at radius 1 is 1.27 bits per heavy atom. The third kappa shape index (κ3) is 4.29. The van der Waals surface area contributed by atoms with Gasteiger partial charge in [-0.3, -0.25) is 9.78 Å². The molecule has 0 unspecified atom stereocenters. The van der Waals surface area contributed by atoms with E-state index >= 15 is 0 Å². The van der Waals surface area contributed by atoms with Gasteiger partial charge in [-0.05, 0) is 23.3 Å². The second-order valence-corrected chi connectivity index (χ2v) is 5.39. The van der Waals surface area contributed by atoms with E-state index in [1.165, 1.54) is 0 Å². The number of carbonyl (C=O) groups is 1. The lowest BCUT2D eigenvalue weighted by Gasteiger charge is -2.11. The van der Waals surface area contributed by atoms with Crippen LogP contribution in [-0.4, -0.2) is 17.9 Å². The van der Waals surface area contributed by atoms with Gasteiger partial charge in [0.05, 0.1) is 13.3 Å². The van der Waals surface area contributed by atoms with E-state index in [4.69, 9.17) is 4.74 Å². The predicted octanol–water partition coefficient (Wildman–Crippen LogP) is 4.04. The van der Waals surface area contributed by atoms with Crippen LogP contribution in [0, 0.1) is 0 Å². The van der Waals surface area contributed by atoms with Gasteiger partial charge in [0.25, 0.3) is 0 Å². The zero-order valence-electron chi connectivity index (χ0n) is 13.1. The summed E-state index contributed by atoms with van der Waals surface area (Å²) in [5.74, 6) is 1.05. The van der Waals surface area contributed by atoms with Crippen LogP contribution in [0.25, 0.3) is 6.08 Å². The molecule has 0 spiro atoms. The summed E-state index contributed by atoms with van der Waals surface area (Å²) in [6, 6.07) is 11.7. The number of hydrogen-bond donors (Lipinski definition) is 0. The lowest BCUT2D eigenvalue weighted by atomic mass is 9.96. The van der Waals surface area contributed by atoms with E-state index < -0.39 is 0 Å². The molecule has 0 aliphatic heterocycles. The van der Waals surface area contributed by atoms with Gasteiger partial charge in [0, 0.05) is 24.5 Å². The molecule has 114 valence electrons. The fourth-order valence-electron chi connectivity index (χ4n) is 2.32. The third-order valence-electron chi connectivity index (χ3n) is 3.65. The fourth-order valence-corrected chi connectivity index (χ4v) is 2.32. The minimum atomic E-state index is 0.103. The highest BCUT2D eigenvalue weighted by atomic mass is 16.5. The molecule has 0 amide bonds. The Labute approximate surface area is 131 Å². The number of aromatic nitrogens is 1. The second-order valence-electron chi connectivity index (χ2n) is 5.39. The maximum atomic E-state index is 12.2. The van der Waals surface area contributed by atoms with Crippen LogP contribution in [-0.2, 0) is 11.2 Å². The Balaban J connectivity index is 1.93. The van der Waals surface area contributed by atoms with Crippen molar-refractivity contribution in [2.24, 2.45) is 0 Å². The van der Waals surface area contributed by atoms with Crippen LogP contribution in [0.4, 0.5) is 0 Å². The van der Waals surface area contributed by atoms with Crippen LogP contribution in [0.2, 0.25) is 0 Å². The van der Waals surface area contributed by atoms with Crippen LogP contribution in [0.5, 0.6) is 5.75 Å². The van der Waals surface area contributed by atoms with E-state index in [-0.39, 0.29) is 11.7 Å². The molecule has 3 heteroatoms. The van der Waals surface area contributed by atoms with Gasteiger partial charge in [-0.2, -0.15) is 0 Å². The number of hydrogen-bond acceptors (Lipinski definition) is 3. The number of nitrogens with zero attached hydrogens (tertiary/aromatic N) is 1. The predicted molar refractivity (Wildman–Crippen MR) is 89.1 cm³/mol. The van der Waals surface area contributed by atoms with Gasteiger partial charge in [0.1, 0.15) is 11.5 Å². The average Bonchev–Trinajstić information content (AvgIpc) is 2.55. The van der Waals surface area contributed by atoms with Crippen molar-refractivity contribution in [3.63, 3.8) is 0 Å². The largest absolute Gasteiger partial charge is 0.495 e. The number of rotatable bonds is 7. The van der Waals surface area contributed by atoms with Gasteiger partial charge in [0.2, 0.25) is 0 Å². The van der Waals surface area contributed by atoms with E-state index in [1.54, 1.807) is 19.4 Å². The van der Waals surface area contributed by atoms with Crippen LogP contribution < -0.4 is 4.74 Å². The van der Waals surface area contributed by atoms with Gasteiger partial charge in [-0.25, -0.2) is 0 Å². The number of Topliss-reactive ketones (excluding diaryl/α,β-unsaturated/α-hetero) is 1. The fraction of sp³-hybridized carbons (Fsp3) is 0.263. The molecule has 1 heterocycles. The molecule has 0 N–H and O–H groups in total. The van der Waals surface area contributed by atoms with Crippen molar-refractivity contribution >= 4 is 11.9 Å². The topological polar surface area (TPSA) is 39.2 Å². The molecule has 22 heavy (non-hydrogen) atoms. The number of ether oxygens (including phenoxy) is 1. The molecule has 1 aromatic heterocycles. The second kappa shape index (κ2) is 7.55. The zero-order valence-corrected chi connectivity index (χ0v) is 13.1. The molecule has 0 aliphatic carbocycles. The monoisotopic (exact) mass is 295 g/mol. The normalized spacial score (nSPS) is 11.7. The van der Waals surface area contributed by atoms with E-state index in [1.807, 2.05) is 43.3 Å². The molecule has 1 atom stereocenters. The minimum absolute atomic E-state index is 0.103. The first-order valence-electron chi connectivity index (χ1n) is 7.35. The van der Waals surface area contributed by atoms with Gasteiger partial charge in [-0.15, -0.1) is 0 Å². The smallest absolute Gasteiger partial charge is 0.137 e. The number of ketones is 1. The molecule has 0 fully saturated rings. The highest BCUT2D eigenvalue weighted by Crippen LogP contribution is 2.20. The summed E-state index contributed by atoms with van der Waals surface area (Å²) in [6.07, 6.45) is 4.42. The molecular formula is C19H21NO2. The van der Waals surface area contributed by atoms with Gasteiger partial charge < -0.3 is 4.74 Å². The number of carbonyl (C=O) groups excluding carboxylic acids is 1. The molecule has 0 radical (unpaired) electrons. The van der Waals surface area contributed by atoms with Crippen molar-refractivity contribution in [1.29, 1.82) is 0 Å². The molecule has 2 rings (SSSR count). The molecule has 0 saturated heterocycles. The van der Waals surface area contributed by atoms with Gasteiger partial charge in [-0.1, -0.05) is 43.8 Å². The molecule has 3 nitrogen and oxygen atoms in total. The van der Waals surface area contributed by atoms with E-state index in [0.29, 0.717) is 12.8 Å². The third-order valence-corrected chi connectivity index (χ3v) is 3.65. The summed E-state index contributed by atoms with van der Waals surface area (Å²) in [6.45, 7) is 5.75. The van der Waals surface area contributed by atoms with Crippen molar-refractivity contribution in [2.45, 2.75) is 25.7 Å². The SMILES string of the molecule is C=Cc1ccc(CC(=O)C[C@H](C)c2ccc(OC)cn2)cc1. The lowest BCUT2D eigenvalue weighted by molar-refractivity contribution is -0.118. The number of methoxy groups -OCH3 is 1. The van der Waals surface area contributed by atoms with Gasteiger partial charge in [0.15, 0.2) is 0 Å². The summed E-state index contributed by atoms with van der Waals surface area (Å²) < 4.78 is 5.09. The Bertz CT molecular complexity index is 629. The first kappa shape index (κ1) is 16.0. The number of benzene rings is 1. The Morgan fingerprint density at radius 2 is 2.00 bits per heavy atom. The number of pyridine rings is 1. The molecule has 0 aliphatic rings. The van der Waals surface area contributed by atoms with Gasteiger partial charge >= 0.3 is 0 Å². The van der Waals surface area contributed by atoms with Crippen molar-refractivity contribution < 1.29 is 9.53 Å². The average molecular weight is 295 g/mol. The first-order valence-corrected chi connectivity index (χ1v) is 7.35. The van der Waals surface area contributed by atoms with Crippen LogP contribution in [0.3, 0.4) is 0 Å². The summed E-state index contributed by atoms with van der Waals surface area (Å²) in [5.41, 5.74) is 3.01. The first-order chi connectivity index (χ1) is 10.6. The lowest BCUT2D eigenvalue weighted by Crippen LogP contribution is -2.08. The van der Waals surface area contributed by atoms with E-state index in [0.717, 1.165) is 22.6 Å². The maximum Gasteiger partial charge on any atom is 0.137 e. The standard InChI is InChI=1S/C19H21NO2/c1-4-15-5-7-16(8-6-15)12-17(21)11-14(2)19-10-9-18(22-3)13-20-19/h4-10,13-14H,1,11-12H2,2-3H3/t14-/m0/s1. The molecule has 2 aromatic rings. The Hall–Kier alpha value is -2.42. The summed E-state index contributed by atoms with van der Waals surface area (Å²) >= 11 is 0. The maximum absolute atomic E-state index is 12.2. The zero-order chi connectivity index (χ0) is 15.9. The van der Waals surface area contributed by atoms with Crippen molar-refractivity contribution in [1.82, 2.24) is 4.98 Å². The van der Waals surface area contributed by atoms with E-state index in [2.05, 4.69) is 11.6 Å². The summed E-state index contributed by atoms with van der Waals surface area (Å²) in [5, 5.41) is 0. The van der Waals surface area contributed by atoms with Crippen LogP contribution in [0.15, 0.2) is 49.2 Å². The van der Waals surface area contributed by atoms with Crippen molar-refractivity contribution in [3.05, 3.63) is 66.0 Å². The van der Waals surface area contributed by atoms with E-state index in [9.17, 15) is 4.79 Å². The van der Waals surface area contributed by atoms with Crippen molar-refractivity contribution in [3.8, 4) is 5.75 Å². The Kier molecular flexibility index (Phi) is 5.48. The Morgan fingerprint density at radius 3 is 2.55 bits per heavy atom. The quantitative estimate of drug-likeness (QED) is 0.774.